The van der Waals surface area contributed by atoms with Crippen LogP contribution in [-0.4, -0.2) is 77.4 Å². The third kappa shape index (κ3) is 10.7. The molecule has 1 saturated heterocycles. The predicted molar refractivity (Wildman–Crippen MR) is 180 cm³/mol. The molecular formula is C36H49N5O9. The lowest BCUT2D eigenvalue weighted by Gasteiger charge is -2.27. The molecule has 4 rings (SSSR count). The highest BCUT2D eigenvalue weighted by molar-refractivity contribution is 5.99. The molecule has 0 bridgehead atoms. The summed E-state index contributed by atoms with van der Waals surface area (Å²) in [6.45, 7) is 12.8. The molecule has 4 N–H and O–H groups in total. The molecule has 1 aromatic heterocycles. The second-order valence-corrected chi connectivity index (χ2v) is 14.8. The van der Waals surface area contributed by atoms with Crippen molar-refractivity contribution in [3.8, 4) is 5.95 Å². The first-order valence-corrected chi connectivity index (χ1v) is 17.0. The van der Waals surface area contributed by atoms with Crippen LogP contribution in [0.1, 0.15) is 72.6 Å². The SMILES string of the molecule is CC(C)CC(NC(=O)CNC(=O)Cc1cc(OC(=O)C(C)C)on1)C(=O)NC(Cc1ccccc1)C(=O)NC(C(=O)C1(C)CO1)C1CC1(C)C. The Balaban J connectivity index is 1.39. The molecule has 50 heavy (non-hydrogen) atoms. The molecule has 0 spiro atoms. The summed E-state index contributed by atoms with van der Waals surface area (Å²) in [6.07, 6.45) is 0.936. The number of aromatic nitrogens is 1. The van der Waals surface area contributed by atoms with Gasteiger partial charge in [0.1, 0.15) is 17.7 Å². The highest BCUT2D eigenvalue weighted by Crippen LogP contribution is 2.54. The van der Waals surface area contributed by atoms with Crippen molar-refractivity contribution in [1.82, 2.24) is 26.4 Å². The van der Waals surface area contributed by atoms with Gasteiger partial charge in [-0.2, -0.15) is 0 Å². The van der Waals surface area contributed by atoms with E-state index in [-0.39, 0.29) is 59.9 Å². The van der Waals surface area contributed by atoms with Gasteiger partial charge < -0.3 is 35.3 Å². The maximum atomic E-state index is 13.9. The Morgan fingerprint density at radius 2 is 1.56 bits per heavy atom. The average molecular weight is 696 g/mol. The zero-order chi connectivity index (χ0) is 36.8. The van der Waals surface area contributed by atoms with Crippen LogP contribution < -0.4 is 26.0 Å². The zero-order valence-corrected chi connectivity index (χ0v) is 29.8. The van der Waals surface area contributed by atoms with Crippen LogP contribution in [0, 0.1) is 23.2 Å². The average Bonchev–Trinajstić information content (AvgIpc) is 3.89. The van der Waals surface area contributed by atoms with E-state index in [1.165, 1.54) is 6.07 Å². The lowest BCUT2D eigenvalue weighted by atomic mass is 9.92. The molecule has 0 radical (unpaired) electrons. The Kier molecular flexibility index (Phi) is 12.2. The molecule has 2 fully saturated rings. The second-order valence-electron chi connectivity index (χ2n) is 14.8. The summed E-state index contributed by atoms with van der Waals surface area (Å²) >= 11 is 0. The van der Waals surface area contributed by atoms with Gasteiger partial charge in [0.05, 0.1) is 37.2 Å². The fourth-order valence-electron chi connectivity index (χ4n) is 5.59. The van der Waals surface area contributed by atoms with Crippen LogP contribution in [0.4, 0.5) is 0 Å². The normalized spacial score (nSPS) is 20.6. The minimum Gasteiger partial charge on any atom is -0.391 e. The van der Waals surface area contributed by atoms with Crippen LogP contribution >= 0.6 is 0 Å². The summed E-state index contributed by atoms with van der Waals surface area (Å²) in [6, 6.07) is 7.66. The number of hydrogen-bond donors (Lipinski definition) is 4. The van der Waals surface area contributed by atoms with E-state index < -0.39 is 59.9 Å². The first kappa shape index (κ1) is 38.2. The fraction of sp³-hybridized carbons (Fsp3) is 0.583. The monoisotopic (exact) mass is 695 g/mol. The molecular weight excluding hydrogens is 646 g/mol. The molecule has 1 aliphatic carbocycles. The van der Waals surface area contributed by atoms with Crippen molar-refractivity contribution < 1.29 is 42.8 Å². The number of carbonyl (C=O) groups excluding carboxylic acids is 6. The molecule has 1 aliphatic heterocycles. The Morgan fingerprint density at radius 1 is 0.920 bits per heavy atom. The minimum absolute atomic E-state index is 0.00779. The molecule has 5 unspecified atom stereocenters. The molecule has 1 saturated carbocycles. The van der Waals surface area contributed by atoms with Gasteiger partial charge in [0.2, 0.25) is 23.6 Å². The Hall–Kier alpha value is -4.59. The summed E-state index contributed by atoms with van der Waals surface area (Å²) < 4.78 is 15.4. The van der Waals surface area contributed by atoms with E-state index in [9.17, 15) is 28.8 Å². The quantitative estimate of drug-likeness (QED) is 0.132. The van der Waals surface area contributed by atoms with E-state index in [0.29, 0.717) is 6.61 Å². The lowest BCUT2D eigenvalue weighted by molar-refractivity contribution is -0.139. The summed E-state index contributed by atoms with van der Waals surface area (Å²) in [5, 5.41) is 14.6. The van der Waals surface area contributed by atoms with Crippen molar-refractivity contribution in [2.45, 2.75) is 97.9 Å². The van der Waals surface area contributed by atoms with E-state index in [4.69, 9.17) is 14.0 Å². The molecule has 4 amide bonds. The second kappa shape index (κ2) is 16.0. The third-order valence-electron chi connectivity index (χ3n) is 8.94. The van der Waals surface area contributed by atoms with Gasteiger partial charge in [0, 0.05) is 12.5 Å². The number of nitrogens with zero attached hydrogens (tertiary/aromatic N) is 1. The standard InChI is InChI=1S/C36H49N5O9/c1-20(2)13-25(38-28(43)18-37-27(42)15-23-16-29(50-41-23)49-34(47)21(3)4)32(45)39-26(14-22-11-9-8-10-12-22)33(46)40-30(24-17-35(24,5)6)31(44)36(7)19-48-36/h8-12,16,20-21,24-26,30H,13-15,17-19H2,1-7H3,(H,37,42)(H,38,43)(H,39,45)(H,40,46). The summed E-state index contributed by atoms with van der Waals surface area (Å²) in [5.74, 6) is -3.54. The molecule has 14 heteroatoms. The molecule has 5 atom stereocenters. The molecule has 2 aliphatic rings. The van der Waals surface area contributed by atoms with Gasteiger partial charge in [-0.3, -0.25) is 28.8 Å². The van der Waals surface area contributed by atoms with E-state index in [1.54, 1.807) is 20.8 Å². The number of Topliss-reactive ketones (excluding diaryl/α,β-unsaturated/α-hetero) is 1. The van der Waals surface area contributed by atoms with Gasteiger partial charge in [0.15, 0.2) is 5.78 Å². The number of benzene rings is 1. The van der Waals surface area contributed by atoms with Gasteiger partial charge in [-0.1, -0.05) is 77.0 Å². The van der Waals surface area contributed by atoms with Crippen molar-refractivity contribution in [1.29, 1.82) is 0 Å². The van der Waals surface area contributed by atoms with Gasteiger partial charge >= 0.3 is 11.9 Å². The number of rotatable bonds is 18. The number of hydrogen-bond acceptors (Lipinski definition) is 10. The number of carbonyl (C=O) groups is 6. The van der Waals surface area contributed by atoms with Gasteiger partial charge in [-0.15, -0.1) is 0 Å². The van der Waals surface area contributed by atoms with Crippen LogP contribution in [0.25, 0.3) is 0 Å². The van der Waals surface area contributed by atoms with Crippen LogP contribution in [0.3, 0.4) is 0 Å². The molecule has 2 heterocycles. The maximum Gasteiger partial charge on any atom is 0.319 e. The van der Waals surface area contributed by atoms with Crippen molar-refractivity contribution in [2.75, 3.05) is 13.2 Å². The lowest BCUT2D eigenvalue weighted by Crippen LogP contribution is -2.58. The largest absolute Gasteiger partial charge is 0.391 e. The Morgan fingerprint density at radius 3 is 2.14 bits per heavy atom. The molecule has 14 nitrogen and oxygen atoms in total. The van der Waals surface area contributed by atoms with Gasteiger partial charge in [-0.05, 0) is 42.6 Å². The number of amides is 4. The Bertz CT molecular complexity index is 1560. The van der Waals surface area contributed by atoms with Crippen LogP contribution in [-0.2, 0) is 46.3 Å². The maximum absolute atomic E-state index is 13.9. The highest BCUT2D eigenvalue weighted by atomic mass is 16.7. The van der Waals surface area contributed by atoms with Crippen LogP contribution in [0.5, 0.6) is 5.95 Å². The van der Waals surface area contributed by atoms with Gasteiger partial charge in [-0.25, -0.2) is 0 Å². The predicted octanol–water partition coefficient (Wildman–Crippen LogP) is 2.04. The van der Waals surface area contributed by atoms with Crippen LogP contribution in [0.2, 0.25) is 0 Å². The molecule has 2 aromatic rings. The summed E-state index contributed by atoms with van der Waals surface area (Å²) in [5.41, 5.74) is -0.0667. The fourth-order valence-corrected chi connectivity index (χ4v) is 5.59. The Labute approximate surface area is 292 Å². The topological polar surface area (TPSA) is 198 Å². The van der Waals surface area contributed by atoms with Gasteiger partial charge in [0.25, 0.3) is 0 Å². The van der Waals surface area contributed by atoms with Crippen molar-refractivity contribution >= 4 is 35.4 Å². The molecule has 1 aromatic carbocycles. The van der Waals surface area contributed by atoms with Crippen molar-refractivity contribution in [3.05, 3.63) is 47.7 Å². The minimum atomic E-state index is -1.05. The van der Waals surface area contributed by atoms with Crippen molar-refractivity contribution in [3.63, 3.8) is 0 Å². The highest BCUT2D eigenvalue weighted by Gasteiger charge is 2.59. The number of ketones is 1. The van der Waals surface area contributed by atoms with E-state index in [1.807, 2.05) is 58.0 Å². The zero-order valence-electron chi connectivity index (χ0n) is 29.8. The van der Waals surface area contributed by atoms with E-state index >= 15 is 0 Å². The number of epoxide rings is 1. The smallest absolute Gasteiger partial charge is 0.319 e. The van der Waals surface area contributed by atoms with Crippen LogP contribution in [0.15, 0.2) is 40.9 Å². The third-order valence-corrected chi connectivity index (χ3v) is 8.94. The number of esters is 1. The summed E-state index contributed by atoms with van der Waals surface area (Å²) in [4.78, 5) is 78.2. The van der Waals surface area contributed by atoms with Crippen molar-refractivity contribution in [2.24, 2.45) is 23.2 Å². The van der Waals surface area contributed by atoms with E-state index in [2.05, 4.69) is 26.4 Å². The number of nitrogens with one attached hydrogen (secondary N) is 4. The first-order chi connectivity index (χ1) is 23.5. The summed E-state index contributed by atoms with van der Waals surface area (Å²) in [7, 11) is 0. The molecule has 272 valence electrons. The van der Waals surface area contributed by atoms with E-state index in [0.717, 1.165) is 12.0 Å². The first-order valence-electron chi connectivity index (χ1n) is 17.0. The number of ether oxygens (including phenoxy) is 2.